The Labute approximate surface area is 133 Å². The second-order valence-corrected chi connectivity index (χ2v) is 7.46. The highest BCUT2D eigenvalue weighted by atomic mass is 19.1. The molecule has 2 aliphatic rings. The molecule has 0 bridgehead atoms. The lowest BCUT2D eigenvalue weighted by Crippen LogP contribution is -2.44. The van der Waals surface area contributed by atoms with Gasteiger partial charge in [0.2, 0.25) is 0 Å². The van der Waals surface area contributed by atoms with Crippen molar-refractivity contribution in [3.8, 4) is 0 Å². The van der Waals surface area contributed by atoms with Crippen LogP contribution in [0.25, 0.3) is 5.57 Å². The second kappa shape index (κ2) is 6.51. The van der Waals surface area contributed by atoms with E-state index >= 15 is 0 Å². The highest BCUT2D eigenvalue weighted by Crippen LogP contribution is 2.43. The summed E-state index contributed by atoms with van der Waals surface area (Å²) in [5.74, 6) is -0.150. The number of piperazine rings is 1. The minimum absolute atomic E-state index is 0.150. The normalized spacial score (nSPS) is 22.9. The van der Waals surface area contributed by atoms with E-state index in [-0.39, 0.29) is 5.82 Å². The first kappa shape index (κ1) is 15.7. The maximum atomic E-state index is 13.2. The molecule has 1 aliphatic carbocycles. The van der Waals surface area contributed by atoms with Gasteiger partial charge >= 0.3 is 0 Å². The minimum atomic E-state index is -0.150. The summed E-state index contributed by atoms with van der Waals surface area (Å²) in [5.41, 5.74) is 4.57. The van der Waals surface area contributed by atoms with Crippen LogP contribution in [0.1, 0.15) is 38.7 Å². The molecule has 0 saturated carbocycles. The van der Waals surface area contributed by atoms with Crippen LogP contribution in [0, 0.1) is 11.2 Å². The van der Waals surface area contributed by atoms with Crippen molar-refractivity contribution in [1.82, 2.24) is 10.2 Å². The lowest BCUT2D eigenvalue weighted by atomic mass is 9.72. The molecule has 1 fully saturated rings. The van der Waals surface area contributed by atoms with Crippen LogP contribution in [-0.2, 0) is 0 Å². The molecule has 0 unspecified atom stereocenters. The Morgan fingerprint density at radius 3 is 2.50 bits per heavy atom. The van der Waals surface area contributed by atoms with Gasteiger partial charge in [-0.1, -0.05) is 31.6 Å². The van der Waals surface area contributed by atoms with Crippen LogP contribution in [0.3, 0.4) is 0 Å². The van der Waals surface area contributed by atoms with Gasteiger partial charge in [-0.05, 0) is 47.9 Å². The van der Waals surface area contributed by atoms with Crippen molar-refractivity contribution < 1.29 is 4.39 Å². The SMILES string of the molecule is CC1(C)CCC(CN2CCNCC2)=C(c2ccc(F)cc2)C1. The van der Waals surface area contributed by atoms with Gasteiger partial charge in [-0.15, -0.1) is 0 Å². The molecular weight excluding hydrogens is 275 g/mol. The molecule has 1 heterocycles. The van der Waals surface area contributed by atoms with E-state index in [1.807, 2.05) is 12.1 Å². The van der Waals surface area contributed by atoms with Crippen LogP contribution in [0.2, 0.25) is 0 Å². The van der Waals surface area contributed by atoms with Crippen LogP contribution in [-0.4, -0.2) is 37.6 Å². The third-order valence-corrected chi connectivity index (χ3v) is 5.00. The highest BCUT2D eigenvalue weighted by molar-refractivity contribution is 5.70. The predicted octanol–water partition coefficient (Wildman–Crippen LogP) is 3.69. The number of benzene rings is 1. The monoisotopic (exact) mass is 302 g/mol. The van der Waals surface area contributed by atoms with Crippen molar-refractivity contribution in [2.45, 2.75) is 33.1 Å². The minimum Gasteiger partial charge on any atom is -0.314 e. The van der Waals surface area contributed by atoms with Gasteiger partial charge in [0.05, 0.1) is 0 Å². The lowest BCUT2D eigenvalue weighted by Gasteiger charge is -2.36. The summed E-state index contributed by atoms with van der Waals surface area (Å²) in [4.78, 5) is 2.55. The van der Waals surface area contributed by atoms with Gasteiger partial charge in [-0.2, -0.15) is 0 Å². The summed E-state index contributed by atoms with van der Waals surface area (Å²) < 4.78 is 13.2. The summed E-state index contributed by atoms with van der Waals surface area (Å²) in [6.45, 7) is 10.2. The molecule has 0 atom stereocenters. The molecule has 1 aromatic carbocycles. The molecule has 1 aromatic rings. The van der Waals surface area contributed by atoms with Crippen molar-refractivity contribution >= 4 is 5.57 Å². The number of rotatable bonds is 3. The fraction of sp³-hybridized carbons (Fsp3) is 0.579. The first-order valence-corrected chi connectivity index (χ1v) is 8.43. The molecule has 3 rings (SSSR count). The van der Waals surface area contributed by atoms with Crippen molar-refractivity contribution in [3.63, 3.8) is 0 Å². The van der Waals surface area contributed by atoms with Crippen LogP contribution < -0.4 is 5.32 Å². The fourth-order valence-corrected chi connectivity index (χ4v) is 3.60. The molecule has 120 valence electrons. The zero-order chi connectivity index (χ0) is 15.6. The number of hydrogen-bond donors (Lipinski definition) is 1. The Kier molecular flexibility index (Phi) is 4.65. The molecule has 0 aromatic heterocycles. The molecule has 1 saturated heterocycles. The Balaban J connectivity index is 1.87. The van der Waals surface area contributed by atoms with Crippen molar-refractivity contribution in [2.24, 2.45) is 5.41 Å². The highest BCUT2D eigenvalue weighted by Gasteiger charge is 2.28. The van der Waals surface area contributed by atoms with Crippen LogP contribution >= 0.6 is 0 Å². The summed E-state index contributed by atoms with van der Waals surface area (Å²) >= 11 is 0. The van der Waals surface area contributed by atoms with Gasteiger partial charge in [0.1, 0.15) is 5.82 Å². The van der Waals surface area contributed by atoms with E-state index in [2.05, 4.69) is 24.1 Å². The predicted molar refractivity (Wildman–Crippen MR) is 90.3 cm³/mol. The van der Waals surface area contributed by atoms with Crippen LogP contribution in [0.5, 0.6) is 0 Å². The van der Waals surface area contributed by atoms with Crippen LogP contribution in [0.4, 0.5) is 4.39 Å². The Hall–Kier alpha value is -1.19. The summed E-state index contributed by atoms with van der Waals surface area (Å²) in [6, 6.07) is 7.08. The maximum absolute atomic E-state index is 13.2. The zero-order valence-electron chi connectivity index (χ0n) is 13.8. The average molecular weight is 302 g/mol. The first-order valence-electron chi connectivity index (χ1n) is 8.43. The van der Waals surface area contributed by atoms with Gasteiger partial charge in [0, 0.05) is 32.7 Å². The smallest absolute Gasteiger partial charge is 0.123 e. The largest absolute Gasteiger partial charge is 0.314 e. The lowest BCUT2D eigenvalue weighted by molar-refractivity contribution is 0.249. The third kappa shape index (κ3) is 3.76. The number of nitrogens with zero attached hydrogens (tertiary/aromatic N) is 1. The van der Waals surface area contributed by atoms with E-state index in [4.69, 9.17) is 0 Å². The van der Waals surface area contributed by atoms with E-state index in [0.29, 0.717) is 5.41 Å². The Morgan fingerprint density at radius 2 is 1.82 bits per heavy atom. The van der Waals surface area contributed by atoms with E-state index in [0.717, 1.165) is 39.1 Å². The summed E-state index contributed by atoms with van der Waals surface area (Å²) in [7, 11) is 0. The topological polar surface area (TPSA) is 15.3 Å². The van der Waals surface area contributed by atoms with Crippen LogP contribution in [0.15, 0.2) is 29.8 Å². The first-order chi connectivity index (χ1) is 10.5. The average Bonchev–Trinajstić information content (AvgIpc) is 2.51. The summed E-state index contributed by atoms with van der Waals surface area (Å²) in [6.07, 6.45) is 3.52. The number of halogens is 1. The van der Waals surface area contributed by atoms with E-state index < -0.39 is 0 Å². The number of nitrogens with one attached hydrogen (secondary N) is 1. The Bertz CT molecular complexity index is 539. The Morgan fingerprint density at radius 1 is 1.14 bits per heavy atom. The van der Waals surface area contributed by atoms with Crippen molar-refractivity contribution in [3.05, 3.63) is 41.2 Å². The van der Waals surface area contributed by atoms with Gasteiger partial charge in [-0.3, -0.25) is 4.90 Å². The van der Waals surface area contributed by atoms with Gasteiger partial charge in [0.25, 0.3) is 0 Å². The zero-order valence-corrected chi connectivity index (χ0v) is 13.8. The molecule has 2 nitrogen and oxygen atoms in total. The molecule has 0 radical (unpaired) electrons. The molecule has 1 aliphatic heterocycles. The molecule has 22 heavy (non-hydrogen) atoms. The van der Waals surface area contributed by atoms with E-state index in [9.17, 15) is 4.39 Å². The standard InChI is InChI=1S/C19H27FN2/c1-19(2)8-7-16(14-22-11-9-21-10-12-22)18(13-19)15-3-5-17(20)6-4-15/h3-6,21H,7-14H2,1-2H3. The maximum Gasteiger partial charge on any atom is 0.123 e. The molecule has 1 N–H and O–H groups in total. The van der Waals surface area contributed by atoms with E-state index in [1.54, 1.807) is 17.7 Å². The van der Waals surface area contributed by atoms with Crippen molar-refractivity contribution in [2.75, 3.05) is 32.7 Å². The third-order valence-electron chi connectivity index (χ3n) is 5.00. The van der Waals surface area contributed by atoms with Crippen molar-refractivity contribution in [1.29, 1.82) is 0 Å². The number of hydrogen-bond acceptors (Lipinski definition) is 2. The quantitative estimate of drug-likeness (QED) is 0.916. The molecular formula is C19H27FN2. The van der Waals surface area contributed by atoms with E-state index in [1.165, 1.54) is 24.0 Å². The summed E-state index contributed by atoms with van der Waals surface area (Å²) in [5, 5.41) is 3.41. The van der Waals surface area contributed by atoms with Gasteiger partial charge in [-0.25, -0.2) is 4.39 Å². The second-order valence-electron chi connectivity index (χ2n) is 7.46. The fourth-order valence-electron chi connectivity index (χ4n) is 3.60. The van der Waals surface area contributed by atoms with Gasteiger partial charge < -0.3 is 5.32 Å². The molecule has 3 heteroatoms. The molecule has 0 spiro atoms. The molecule has 0 amide bonds. The van der Waals surface area contributed by atoms with Gasteiger partial charge in [0.15, 0.2) is 0 Å². The number of allylic oxidation sites excluding steroid dienone is 1.